The number of rotatable bonds is 6. The molecule has 1 N–H and O–H groups in total. The third-order valence-corrected chi connectivity index (χ3v) is 3.62. The predicted octanol–water partition coefficient (Wildman–Crippen LogP) is 2.07. The van der Waals surface area contributed by atoms with Crippen LogP contribution in [0.25, 0.3) is 0 Å². The van der Waals surface area contributed by atoms with Gasteiger partial charge in [0.1, 0.15) is 5.92 Å². The highest BCUT2D eigenvalue weighted by molar-refractivity contribution is 5.96. The topological polar surface area (TPSA) is 66.8 Å². The van der Waals surface area contributed by atoms with Crippen molar-refractivity contribution < 1.29 is 19.5 Å². The molecule has 0 aromatic carbocycles. The van der Waals surface area contributed by atoms with Gasteiger partial charge >= 0.3 is 5.97 Å². The molecule has 1 aliphatic carbocycles. The van der Waals surface area contributed by atoms with Crippen LogP contribution in [0.2, 0.25) is 0 Å². The maximum atomic E-state index is 12.0. The van der Waals surface area contributed by atoms with E-state index < -0.39 is 17.8 Å². The molecule has 1 unspecified atom stereocenters. The number of hydroxylamine groups is 2. The van der Waals surface area contributed by atoms with Gasteiger partial charge in [-0.1, -0.05) is 26.2 Å². The fraction of sp³-hybridized carbons (Fsp3) is 0.846. The Morgan fingerprint density at radius 1 is 1.33 bits per heavy atom. The summed E-state index contributed by atoms with van der Waals surface area (Å²) < 4.78 is 0. The largest absolute Gasteiger partial charge is 0.481 e. The molecular formula is C13H23NO4. The molecule has 1 fully saturated rings. The van der Waals surface area contributed by atoms with Crippen molar-refractivity contribution in [1.29, 1.82) is 0 Å². The van der Waals surface area contributed by atoms with E-state index in [9.17, 15) is 9.59 Å². The molecule has 0 spiro atoms. The summed E-state index contributed by atoms with van der Waals surface area (Å²) in [6.07, 6.45) is 6.11. The van der Waals surface area contributed by atoms with Crippen LogP contribution in [-0.4, -0.2) is 35.7 Å². The average molecular weight is 257 g/mol. The highest BCUT2D eigenvalue weighted by atomic mass is 16.7. The number of carboxylic acids is 1. The summed E-state index contributed by atoms with van der Waals surface area (Å²) in [4.78, 5) is 28.1. The summed E-state index contributed by atoms with van der Waals surface area (Å²) in [5, 5.41) is 10.2. The minimum Gasteiger partial charge on any atom is -0.481 e. The van der Waals surface area contributed by atoms with Crippen molar-refractivity contribution in [3.8, 4) is 0 Å². The molecular weight excluding hydrogens is 234 g/mol. The quantitative estimate of drug-likeness (QED) is 0.584. The van der Waals surface area contributed by atoms with Gasteiger partial charge in [-0.05, 0) is 25.2 Å². The highest BCUT2D eigenvalue weighted by Gasteiger charge is 2.30. The van der Waals surface area contributed by atoms with E-state index in [0.717, 1.165) is 12.8 Å². The van der Waals surface area contributed by atoms with Crippen LogP contribution in [0.1, 0.15) is 45.4 Å². The zero-order valence-electron chi connectivity index (χ0n) is 11.2. The fourth-order valence-electron chi connectivity index (χ4n) is 2.49. The van der Waals surface area contributed by atoms with E-state index in [4.69, 9.17) is 9.94 Å². The van der Waals surface area contributed by atoms with Gasteiger partial charge in [-0.15, -0.1) is 0 Å². The Hall–Kier alpha value is -1.10. The molecule has 0 radical (unpaired) electrons. The Morgan fingerprint density at radius 3 is 2.39 bits per heavy atom. The number of hydrogen-bond acceptors (Lipinski definition) is 3. The summed E-state index contributed by atoms with van der Waals surface area (Å²) in [7, 11) is 1.43. The van der Waals surface area contributed by atoms with Crippen LogP contribution in [0.15, 0.2) is 0 Å². The Morgan fingerprint density at radius 2 is 1.94 bits per heavy atom. The predicted molar refractivity (Wildman–Crippen MR) is 66.7 cm³/mol. The van der Waals surface area contributed by atoms with E-state index in [1.54, 1.807) is 6.92 Å². The van der Waals surface area contributed by atoms with Crippen molar-refractivity contribution in [3.63, 3.8) is 0 Å². The molecule has 0 aromatic rings. The van der Waals surface area contributed by atoms with Gasteiger partial charge in [-0.2, -0.15) is 0 Å². The van der Waals surface area contributed by atoms with Crippen molar-refractivity contribution in [2.45, 2.75) is 45.4 Å². The van der Waals surface area contributed by atoms with Crippen molar-refractivity contribution in [2.24, 2.45) is 11.8 Å². The molecule has 0 aliphatic heterocycles. The summed E-state index contributed by atoms with van der Waals surface area (Å²) in [5.41, 5.74) is 0. The Labute approximate surface area is 108 Å². The first-order valence-corrected chi connectivity index (χ1v) is 6.68. The first-order valence-electron chi connectivity index (χ1n) is 6.68. The molecule has 1 saturated carbocycles. The van der Waals surface area contributed by atoms with Crippen LogP contribution in [0, 0.1) is 11.8 Å². The molecule has 0 bridgehead atoms. The first-order chi connectivity index (χ1) is 8.60. The van der Waals surface area contributed by atoms with Crippen LogP contribution in [0.3, 0.4) is 0 Å². The first kappa shape index (κ1) is 15.0. The second-order valence-corrected chi connectivity index (χ2v) is 4.88. The van der Waals surface area contributed by atoms with E-state index in [-0.39, 0.29) is 0 Å². The van der Waals surface area contributed by atoms with Gasteiger partial charge in [0.05, 0.1) is 13.7 Å². The van der Waals surface area contributed by atoms with Gasteiger partial charge in [-0.25, -0.2) is 5.06 Å². The summed E-state index contributed by atoms with van der Waals surface area (Å²) in [6, 6.07) is 0. The number of hydrogen-bond donors (Lipinski definition) is 1. The summed E-state index contributed by atoms with van der Waals surface area (Å²) in [6.45, 7) is 2.21. The lowest BCUT2D eigenvalue weighted by Gasteiger charge is -2.29. The van der Waals surface area contributed by atoms with E-state index in [2.05, 4.69) is 0 Å². The molecule has 1 aliphatic rings. The molecule has 18 heavy (non-hydrogen) atoms. The lowest BCUT2D eigenvalue weighted by molar-refractivity contribution is -0.187. The molecule has 1 rings (SSSR count). The maximum absolute atomic E-state index is 12.0. The minimum absolute atomic E-state index is 0.290. The summed E-state index contributed by atoms with van der Waals surface area (Å²) in [5.74, 6) is -2.06. The number of nitrogens with zero attached hydrogens (tertiary/aromatic N) is 1. The molecule has 0 heterocycles. The van der Waals surface area contributed by atoms with Crippen LogP contribution in [0.4, 0.5) is 0 Å². The maximum Gasteiger partial charge on any atom is 0.316 e. The van der Waals surface area contributed by atoms with Crippen LogP contribution in [-0.2, 0) is 14.4 Å². The number of carboxylic acid groups (broad SMARTS) is 1. The molecule has 5 nitrogen and oxygen atoms in total. The second-order valence-electron chi connectivity index (χ2n) is 4.88. The van der Waals surface area contributed by atoms with Crippen molar-refractivity contribution in [1.82, 2.24) is 5.06 Å². The molecule has 1 amide bonds. The Kier molecular flexibility index (Phi) is 6.12. The van der Waals surface area contributed by atoms with E-state index in [1.807, 2.05) is 0 Å². The van der Waals surface area contributed by atoms with Gasteiger partial charge in [0, 0.05) is 0 Å². The van der Waals surface area contributed by atoms with Crippen LogP contribution < -0.4 is 0 Å². The lowest BCUT2D eigenvalue weighted by atomic mass is 9.89. The Bertz CT molecular complexity index is 287. The monoisotopic (exact) mass is 257 g/mol. The number of carbonyl (C=O) groups excluding carboxylic acids is 1. The van der Waals surface area contributed by atoms with Gasteiger partial charge in [0.25, 0.3) is 5.91 Å². The molecule has 5 heteroatoms. The average Bonchev–Trinajstić information content (AvgIpc) is 2.37. The third-order valence-electron chi connectivity index (χ3n) is 3.62. The summed E-state index contributed by atoms with van der Waals surface area (Å²) >= 11 is 0. The zero-order chi connectivity index (χ0) is 13.5. The minimum atomic E-state index is -1.08. The molecule has 0 saturated heterocycles. The van der Waals surface area contributed by atoms with E-state index in [0.29, 0.717) is 18.9 Å². The normalized spacial score (nSPS) is 18.3. The molecule has 104 valence electrons. The van der Waals surface area contributed by atoms with Gasteiger partial charge in [-0.3, -0.25) is 14.4 Å². The third kappa shape index (κ3) is 3.98. The van der Waals surface area contributed by atoms with E-state index in [1.165, 1.54) is 31.4 Å². The van der Waals surface area contributed by atoms with E-state index >= 15 is 0 Å². The zero-order valence-corrected chi connectivity index (χ0v) is 11.2. The van der Waals surface area contributed by atoms with Gasteiger partial charge < -0.3 is 5.11 Å². The smallest absolute Gasteiger partial charge is 0.316 e. The number of carbonyl (C=O) groups is 2. The SMILES string of the molecule is CCC(C(=O)O)C(=O)N(CC1CCCCC1)OC. The number of aliphatic carboxylic acids is 1. The van der Waals surface area contributed by atoms with Gasteiger partial charge in [0.2, 0.25) is 0 Å². The van der Waals surface area contributed by atoms with Crippen molar-refractivity contribution in [3.05, 3.63) is 0 Å². The highest BCUT2D eigenvalue weighted by Crippen LogP contribution is 2.25. The molecule has 1 atom stereocenters. The number of amides is 1. The van der Waals surface area contributed by atoms with Crippen LogP contribution in [0.5, 0.6) is 0 Å². The van der Waals surface area contributed by atoms with Gasteiger partial charge in [0.15, 0.2) is 0 Å². The van der Waals surface area contributed by atoms with Crippen molar-refractivity contribution in [2.75, 3.05) is 13.7 Å². The van der Waals surface area contributed by atoms with Crippen LogP contribution >= 0.6 is 0 Å². The standard InChI is InChI=1S/C13H23NO4/c1-3-11(13(16)17)12(15)14(18-2)9-10-7-5-4-6-8-10/h10-11H,3-9H2,1-2H3,(H,16,17). The lowest BCUT2D eigenvalue weighted by Crippen LogP contribution is -2.41. The molecule has 0 aromatic heterocycles. The Balaban J connectivity index is 2.58. The fourth-order valence-corrected chi connectivity index (χ4v) is 2.49. The van der Waals surface area contributed by atoms with Crippen molar-refractivity contribution >= 4 is 11.9 Å². The second kappa shape index (κ2) is 7.36.